The number of esters is 1. The van der Waals surface area contributed by atoms with Crippen molar-refractivity contribution in [2.24, 2.45) is 29.1 Å². The van der Waals surface area contributed by atoms with Crippen LogP contribution >= 0.6 is 0 Å². The van der Waals surface area contributed by atoms with E-state index < -0.39 is 0 Å². The van der Waals surface area contributed by atoms with Gasteiger partial charge in [-0.25, -0.2) is 0 Å². The Morgan fingerprint density at radius 3 is 2.61 bits per heavy atom. The number of ether oxygens (including phenoxy) is 1. The first-order valence-electron chi connectivity index (χ1n) is 7.17. The molecular formula is C15H22O3. The highest BCUT2D eigenvalue weighted by Crippen LogP contribution is 2.56. The van der Waals surface area contributed by atoms with Crippen LogP contribution in [0.2, 0.25) is 0 Å². The van der Waals surface area contributed by atoms with Crippen LogP contribution in [0, 0.1) is 29.1 Å². The van der Waals surface area contributed by atoms with Crippen molar-refractivity contribution >= 4 is 11.8 Å². The summed E-state index contributed by atoms with van der Waals surface area (Å²) >= 11 is 0. The zero-order valence-corrected chi connectivity index (χ0v) is 11.4. The molecule has 1 saturated heterocycles. The Morgan fingerprint density at radius 1 is 1.17 bits per heavy atom. The summed E-state index contributed by atoms with van der Waals surface area (Å²) < 4.78 is 5.64. The number of fused-ring (bicyclic) bond motifs is 3. The van der Waals surface area contributed by atoms with Gasteiger partial charge in [-0.3, -0.25) is 9.59 Å². The monoisotopic (exact) mass is 250 g/mol. The van der Waals surface area contributed by atoms with Gasteiger partial charge in [0, 0.05) is 24.2 Å². The topological polar surface area (TPSA) is 43.4 Å². The van der Waals surface area contributed by atoms with Crippen molar-refractivity contribution in [3.8, 4) is 0 Å². The zero-order valence-electron chi connectivity index (χ0n) is 11.4. The van der Waals surface area contributed by atoms with E-state index in [9.17, 15) is 9.59 Å². The second-order valence-electron chi connectivity index (χ2n) is 6.83. The summed E-state index contributed by atoms with van der Waals surface area (Å²) in [4.78, 5) is 23.8. The third kappa shape index (κ3) is 1.49. The Bertz CT molecular complexity index is 403. The van der Waals surface area contributed by atoms with Gasteiger partial charge in [-0.15, -0.1) is 0 Å². The molecule has 0 amide bonds. The standard InChI is InChI=1S/C15H22O3/c1-8-10-4-6-15(3)7-5-11(16)9(2)12(15)13(10)18-14(8)17/h8-10,12-13H,4-7H2,1-3H3/t8-,9+,10-,12+,13-,15-/m0/s1. The summed E-state index contributed by atoms with van der Waals surface area (Å²) in [6.45, 7) is 6.29. The van der Waals surface area contributed by atoms with Gasteiger partial charge in [0.1, 0.15) is 11.9 Å². The minimum atomic E-state index is -0.0560. The molecule has 0 aromatic heterocycles. The average molecular weight is 250 g/mol. The van der Waals surface area contributed by atoms with Crippen LogP contribution in [0.25, 0.3) is 0 Å². The van der Waals surface area contributed by atoms with Gasteiger partial charge >= 0.3 is 5.97 Å². The first kappa shape index (κ1) is 12.2. The Balaban J connectivity index is 1.96. The first-order chi connectivity index (χ1) is 8.44. The molecule has 0 aromatic rings. The Labute approximate surface area is 108 Å². The lowest BCUT2D eigenvalue weighted by Crippen LogP contribution is -2.52. The molecule has 0 spiro atoms. The highest BCUT2D eigenvalue weighted by Gasteiger charge is 2.58. The molecule has 6 atom stereocenters. The molecule has 0 bridgehead atoms. The van der Waals surface area contributed by atoms with Crippen LogP contribution in [0.15, 0.2) is 0 Å². The van der Waals surface area contributed by atoms with Gasteiger partial charge in [-0.2, -0.15) is 0 Å². The van der Waals surface area contributed by atoms with E-state index in [0.29, 0.717) is 18.1 Å². The Kier molecular flexibility index (Phi) is 2.58. The van der Waals surface area contributed by atoms with E-state index in [1.54, 1.807) is 0 Å². The molecule has 1 aliphatic heterocycles. The molecule has 3 fully saturated rings. The molecular weight excluding hydrogens is 228 g/mol. The molecule has 100 valence electrons. The molecule has 2 aliphatic carbocycles. The molecule has 0 unspecified atom stereocenters. The van der Waals surface area contributed by atoms with E-state index in [0.717, 1.165) is 19.3 Å². The number of ketones is 1. The number of hydrogen-bond acceptors (Lipinski definition) is 3. The molecule has 0 aromatic carbocycles. The third-order valence-corrected chi connectivity index (χ3v) is 5.88. The van der Waals surface area contributed by atoms with Crippen LogP contribution in [-0.2, 0) is 14.3 Å². The molecule has 2 saturated carbocycles. The normalized spacial score (nSPS) is 51.6. The van der Waals surface area contributed by atoms with Gasteiger partial charge < -0.3 is 4.74 Å². The van der Waals surface area contributed by atoms with E-state index in [2.05, 4.69) is 6.92 Å². The fourth-order valence-electron chi connectivity index (χ4n) is 4.62. The second-order valence-corrected chi connectivity index (χ2v) is 6.83. The molecule has 3 heteroatoms. The zero-order chi connectivity index (χ0) is 13.1. The Hall–Kier alpha value is -0.860. The molecule has 18 heavy (non-hydrogen) atoms. The molecule has 3 aliphatic rings. The SMILES string of the molecule is C[C@@H]1C(=O)O[C@H]2[C@H]1CC[C@@]1(C)CCC(=O)[C@@H](C)[C@H]21. The van der Waals surface area contributed by atoms with E-state index in [4.69, 9.17) is 4.74 Å². The number of Topliss-reactive ketones (excluding diaryl/α,β-unsaturated/α-hetero) is 1. The van der Waals surface area contributed by atoms with Crippen molar-refractivity contribution < 1.29 is 14.3 Å². The smallest absolute Gasteiger partial charge is 0.309 e. The van der Waals surface area contributed by atoms with Crippen LogP contribution in [0.3, 0.4) is 0 Å². The van der Waals surface area contributed by atoms with Crippen molar-refractivity contribution in [1.29, 1.82) is 0 Å². The van der Waals surface area contributed by atoms with E-state index >= 15 is 0 Å². The molecule has 3 rings (SSSR count). The van der Waals surface area contributed by atoms with Crippen LogP contribution in [0.1, 0.15) is 46.5 Å². The summed E-state index contributed by atoms with van der Waals surface area (Å²) in [5.74, 6) is 0.946. The fourth-order valence-corrected chi connectivity index (χ4v) is 4.62. The summed E-state index contributed by atoms with van der Waals surface area (Å²) in [5, 5.41) is 0. The maximum atomic E-state index is 12.0. The van der Waals surface area contributed by atoms with Crippen LogP contribution in [0.4, 0.5) is 0 Å². The second kappa shape index (κ2) is 3.82. The lowest BCUT2D eigenvalue weighted by molar-refractivity contribution is -0.158. The van der Waals surface area contributed by atoms with Gasteiger partial charge in [-0.05, 0) is 24.7 Å². The van der Waals surface area contributed by atoms with Gasteiger partial charge in [0.15, 0.2) is 0 Å². The fraction of sp³-hybridized carbons (Fsp3) is 0.867. The molecule has 1 heterocycles. The molecule has 3 nitrogen and oxygen atoms in total. The summed E-state index contributed by atoms with van der Waals surface area (Å²) in [6.07, 6.45) is 3.87. The van der Waals surface area contributed by atoms with Crippen LogP contribution in [0.5, 0.6) is 0 Å². The van der Waals surface area contributed by atoms with E-state index in [1.165, 1.54) is 0 Å². The minimum absolute atomic E-state index is 0.00880. The van der Waals surface area contributed by atoms with Crippen molar-refractivity contribution in [2.45, 2.75) is 52.6 Å². The third-order valence-electron chi connectivity index (χ3n) is 5.88. The van der Waals surface area contributed by atoms with Crippen molar-refractivity contribution in [3.63, 3.8) is 0 Å². The number of rotatable bonds is 0. The molecule has 0 N–H and O–H groups in total. The van der Waals surface area contributed by atoms with Gasteiger partial charge in [0.2, 0.25) is 0 Å². The number of carbonyl (C=O) groups is 2. The predicted molar refractivity (Wildman–Crippen MR) is 66.8 cm³/mol. The van der Waals surface area contributed by atoms with E-state index in [1.807, 2.05) is 13.8 Å². The number of hydrogen-bond donors (Lipinski definition) is 0. The first-order valence-corrected chi connectivity index (χ1v) is 7.17. The lowest BCUT2D eigenvalue weighted by Gasteiger charge is -2.51. The van der Waals surface area contributed by atoms with Crippen molar-refractivity contribution in [1.82, 2.24) is 0 Å². The predicted octanol–water partition coefficient (Wildman–Crippen LogP) is 2.58. The molecule has 0 radical (unpaired) electrons. The Morgan fingerprint density at radius 2 is 1.89 bits per heavy atom. The van der Waals surface area contributed by atoms with Gasteiger partial charge in [-0.1, -0.05) is 20.8 Å². The summed E-state index contributed by atoms with van der Waals surface area (Å²) in [7, 11) is 0. The minimum Gasteiger partial charge on any atom is -0.461 e. The maximum Gasteiger partial charge on any atom is 0.309 e. The van der Waals surface area contributed by atoms with Crippen LogP contribution < -0.4 is 0 Å². The highest BCUT2D eigenvalue weighted by molar-refractivity contribution is 5.82. The number of carbonyl (C=O) groups excluding carboxylic acids is 2. The quantitative estimate of drug-likeness (QED) is 0.621. The largest absolute Gasteiger partial charge is 0.461 e. The van der Waals surface area contributed by atoms with Crippen molar-refractivity contribution in [2.75, 3.05) is 0 Å². The van der Waals surface area contributed by atoms with Crippen molar-refractivity contribution in [3.05, 3.63) is 0 Å². The van der Waals surface area contributed by atoms with Gasteiger partial charge in [0.25, 0.3) is 0 Å². The summed E-state index contributed by atoms with van der Waals surface area (Å²) in [5.41, 5.74) is 0.193. The van der Waals surface area contributed by atoms with E-state index in [-0.39, 0.29) is 35.2 Å². The average Bonchev–Trinajstić information content (AvgIpc) is 2.60. The maximum absolute atomic E-state index is 12.0. The lowest BCUT2D eigenvalue weighted by atomic mass is 9.53. The summed E-state index contributed by atoms with van der Waals surface area (Å²) in [6, 6.07) is 0. The van der Waals surface area contributed by atoms with Crippen LogP contribution in [-0.4, -0.2) is 17.9 Å². The van der Waals surface area contributed by atoms with Gasteiger partial charge in [0.05, 0.1) is 5.92 Å². The highest BCUT2D eigenvalue weighted by atomic mass is 16.6.